The topological polar surface area (TPSA) is 93.7 Å². The number of aromatic nitrogens is 2. The lowest BCUT2D eigenvalue weighted by atomic mass is 10.1. The number of methoxy groups -OCH3 is 1. The Kier molecular flexibility index (Phi) is 5.13. The van der Waals surface area contributed by atoms with Gasteiger partial charge in [0.2, 0.25) is 5.88 Å². The SMILES string of the molecule is CCOC(=O)Nc1nc2c(s1)CN(C(=O)c1cccnc1OC)CC2. The van der Waals surface area contributed by atoms with Gasteiger partial charge in [-0.3, -0.25) is 10.1 Å². The van der Waals surface area contributed by atoms with Gasteiger partial charge in [-0.25, -0.2) is 14.8 Å². The number of nitrogens with one attached hydrogen (secondary N) is 1. The number of carbonyl (C=O) groups is 2. The predicted octanol–water partition coefficient (Wildman–Crippen LogP) is 2.31. The van der Waals surface area contributed by atoms with Gasteiger partial charge in [0, 0.05) is 24.0 Å². The maximum Gasteiger partial charge on any atom is 0.413 e. The molecule has 0 fully saturated rings. The van der Waals surface area contributed by atoms with Crippen molar-refractivity contribution in [3.05, 3.63) is 34.5 Å². The van der Waals surface area contributed by atoms with E-state index in [0.717, 1.165) is 10.6 Å². The van der Waals surface area contributed by atoms with Gasteiger partial charge in [-0.15, -0.1) is 0 Å². The van der Waals surface area contributed by atoms with E-state index >= 15 is 0 Å². The van der Waals surface area contributed by atoms with E-state index in [1.165, 1.54) is 18.4 Å². The molecule has 2 aromatic rings. The Labute approximate surface area is 148 Å². The second-order valence-corrected chi connectivity index (χ2v) is 6.35. The first-order valence-electron chi connectivity index (χ1n) is 7.83. The first-order valence-corrected chi connectivity index (χ1v) is 8.64. The fourth-order valence-electron chi connectivity index (χ4n) is 2.56. The number of carbonyl (C=O) groups excluding carboxylic acids is 2. The number of fused-ring (bicyclic) bond motifs is 1. The number of thiazole rings is 1. The van der Waals surface area contributed by atoms with Crippen LogP contribution in [0.25, 0.3) is 0 Å². The summed E-state index contributed by atoms with van der Waals surface area (Å²) in [5, 5.41) is 3.09. The van der Waals surface area contributed by atoms with Crippen LogP contribution in [0.2, 0.25) is 0 Å². The highest BCUT2D eigenvalue weighted by molar-refractivity contribution is 7.15. The molecule has 8 nitrogen and oxygen atoms in total. The number of pyridine rings is 1. The van der Waals surface area contributed by atoms with Crippen LogP contribution in [0.4, 0.5) is 9.93 Å². The molecule has 3 heterocycles. The second-order valence-electron chi connectivity index (χ2n) is 5.27. The summed E-state index contributed by atoms with van der Waals surface area (Å²) < 4.78 is 10.0. The third-order valence-electron chi connectivity index (χ3n) is 3.70. The van der Waals surface area contributed by atoms with Crippen molar-refractivity contribution in [1.82, 2.24) is 14.9 Å². The Morgan fingerprint density at radius 1 is 1.44 bits per heavy atom. The molecule has 0 saturated heterocycles. The normalized spacial score (nSPS) is 13.1. The van der Waals surface area contributed by atoms with E-state index in [9.17, 15) is 9.59 Å². The van der Waals surface area contributed by atoms with Crippen molar-refractivity contribution in [1.29, 1.82) is 0 Å². The lowest BCUT2D eigenvalue weighted by Gasteiger charge is -2.26. The van der Waals surface area contributed by atoms with Crippen LogP contribution in [-0.4, -0.2) is 47.1 Å². The highest BCUT2D eigenvalue weighted by Crippen LogP contribution is 2.29. The molecular weight excluding hydrogens is 344 g/mol. The fraction of sp³-hybridized carbons (Fsp3) is 0.375. The summed E-state index contributed by atoms with van der Waals surface area (Å²) in [5.74, 6) is 0.177. The van der Waals surface area contributed by atoms with Crippen LogP contribution in [0.5, 0.6) is 5.88 Å². The van der Waals surface area contributed by atoms with Crippen LogP contribution in [0.3, 0.4) is 0 Å². The molecule has 0 atom stereocenters. The second kappa shape index (κ2) is 7.47. The van der Waals surface area contributed by atoms with Crippen LogP contribution >= 0.6 is 11.3 Å². The summed E-state index contributed by atoms with van der Waals surface area (Å²) in [6.07, 6.45) is 1.69. The number of anilines is 1. The minimum atomic E-state index is -0.526. The summed E-state index contributed by atoms with van der Waals surface area (Å²) >= 11 is 1.35. The maximum atomic E-state index is 12.8. The molecule has 2 aromatic heterocycles. The molecule has 132 valence electrons. The van der Waals surface area contributed by atoms with E-state index in [1.807, 2.05) is 0 Å². The third-order valence-corrected chi connectivity index (χ3v) is 4.70. The van der Waals surface area contributed by atoms with Gasteiger partial charge in [0.25, 0.3) is 5.91 Å². The molecule has 0 spiro atoms. The predicted molar refractivity (Wildman–Crippen MR) is 92.0 cm³/mol. The van der Waals surface area contributed by atoms with E-state index in [2.05, 4.69) is 15.3 Å². The molecule has 25 heavy (non-hydrogen) atoms. The van der Waals surface area contributed by atoms with E-state index < -0.39 is 6.09 Å². The van der Waals surface area contributed by atoms with Crippen molar-refractivity contribution < 1.29 is 19.1 Å². The minimum Gasteiger partial charge on any atom is -0.480 e. The van der Waals surface area contributed by atoms with Crippen molar-refractivity contribution in [3.63, 3.8) is 0 Å². The molecule has 1 aliphatic rings. The number of nitrogens with zero attached hydrogens (tertiary/aromatic N) is 3. The molecular formula is C16H18N4O4S. The zero-order chi connectivity index (χ0) is 17.8. The highest BCUT2D eigenvalue weighted by atomic mass is 32.1. The van der Waals surface area contributed by atoms with Gasteiger partial charge in [0.1, 0.15) is 5.56 Å². The quantitative estimate of drug-likeness (QED) is 0.897. The summed E-state index contributed by atoms with van der Waals surface area (Å²) in [6.45, 7) is 3.02. The Hall–Kier alpha value is -2.68. The minimum absolute atomic E-state index is 0.135. The zero-order valence-electron chi connectivity index (χ0n) is 13.9. The lowest BCUT2D eigenvalue weighted by molar-refractivity contribution is 0.0732. The molecule has 0 aliphatic carbocycles. The van der Waals surface area contributed by atoms with Crippen molar-refractivity contribution in [2.45, 2.75) is 19.9 Å². The molecule has 0 aromatic carbocycles. The van der Waals surface area contributed by atoms with Gasteiger partial charge in [0.15, 0.2) is 5.13 Å². The number of hydrogen-bond donors (Lipinski definition) is 1. The highest BCUT2D eigenvalue weighted by Gasteiger charge is 2.27. The summed E-state index contributed by atoms with van der Waals surface area (Å²) in [7, 11) is 1.49. The number of rotatable bonds is 4. The van der Waals surface area contributed by atoms with Crippen LogP contribution in [-0.2, 0) is 17.7 Å². The van der Waals surface area contributed by atoms with E-state index in [4.69, 9.17) is 9.47 Å². The lowest BCUT2D eigenvalue weighted by Crippen LogP contribution is -2.35. The number of amides is 2. The zero-order valence-corrected chi connectivity index (χ0v) is 14.8. The Morgan fingerprint density at radius 2 is 2.28 bits per heavy atom. The van der Waals surface area contributed by atoms with Gasteiger partial charge >= 0.3 is 6.09 Å². The molecule has 9 heteroatoms. The first-order chi connectivity index (χ1) is 12.1. The maximum absolute atomic E-state index is 12.8. The van der Waals surface area contributed by atoms with Gasteiger partial charge in [-0.2, -0.15) is 0 Å². The van der Waals surface area contributed by atoms with E-state index in [1.54, 1.807) is 30.2 Å². The molecule has 0 radical (unpaired) electrons. The summed E-state index contributed by atoms with van der Waals surface area (Å²) in [4.78, 5) is 35.4. The van der Waals surface area contributed by atoms with Crippen LogP contribution in [0, 0.1) is 0 Å². The van der Waals surface area contributed by atoms with Gasteiger partial charge in [-0.1, -0.05) is 11.3 Å². The average Bonchev–Trinajstić information content (AvgIpc) is 3.02. The monoisotopic (exact) mass is 362 g/mol. The Morgan fingerprint density at radius 3 is 3.04 bits per heavy atom. The number of ether oxygens (including phenoxy) is 2. The fourth-order valence-corrected chi connectivity index (χ4v) is 3.57. The van der Waals surface area contributed by atoms with Crippen molar-refractivity contribution in [2.75, 3.05) is 25.6 Å². The summed E-state index contributed by atoms with van der Waals surface area (Å²) in [5.41, 5.74) is 1.34. The molecule has 0 saturated carbocycles. The van der Waals surface area contributed by atoms with E-state index in [0.29, 0.717) is 42.7 Å². The largest absolute Gasteiger partial charge is 0.480 e. The smallest absolute Gasteiger partial charge is 0.413 e. The van der Waals surface area contributed by atoms with Crippen LogP contribution in [0.15, 0.2) is 18.3 Å². The van der Waals surface area contributed by atoms with Crippen molar-refractivity contribution in [2.24, 2.45) is 0 Å². The van der Waals surface area contributed by atoms with Crippen LogP contribution in [0.1, 0.15) is 27.9 Å². The van der Waals surface area contributed by atoms with Crippen molar-refractivity contribution in [3.8, 4) is 5.88 Å². The Bertz CT molecular complexity index is 792. The molecule has 2 amide bonds. The van der Waals surface area contributed by atoms with Crippen molar-refractivity contribution >= 4 is 28.5 Å². The molecule has 0 bridgehead atoms. The van der Waals surface area contributed by atoms with Gasteiger partial charge in [-0.05, 0) is 19.1 Å². The van der Waals surface area contributed by atoms with Crippen LogP contribution < -0.4 is 10.1 Å². The molecule has 0 unspecified atom stereocenters. The number of hydrogen-bond acceptors (Lipinski definition) is 7. The molecule has 1 aliphatic heterocycles. The Balaban J connectivity index is 1.73. The molecule has 1 N–H and O–H groups in total. The van der Waals surface area contributed by atoms with E-state index in [-0.39, 0.29) is 5.91 Å². The van der Waals surface area contributed by atoms with Gasteiger partial charge < -0.3 is 14.4 Å². The molecule has 3 rings (SSSR count). The first kappa shape index (κ1) is 17.2. The third kappa shape index (κ3) is 3.71. The summed E-state index contributed by atoms with van der Waals surface area (Å²) in [6, 6.07) is 3.41. The standard InChI is InChI=1S/C16H18N4O4S/c1-3-24-16(22)19-15-18-11-6-8-20(9-12(11)25-15)14(21)10-5-4-7-17-13(10)23-2/h4-5,7H,3,6,8-9H2,1-2H3,(H,18,19,22). The van der Waals surface area contributed by atoms with Gasteiger partial charge in [0.05, 0.1) is 26.0 Å². The average molecular weight is 362 g/mol.